The van der Waals surface area contributed by atoms with Crippen LogP contribution in [-0.2, 0) is 14.8 Å². The van der Waals surface area contributed by atoms with E-state index in [2.05, 4.69) is 4.72 Å². The van der Waals surface area contributed by atoms with E-state index in [1.807, 2.05) is 13.8 Å². The number of carbonyl (C=O) groups excluding carboxylic acids is 1. The van der Waals surface area contributed by atoms with Gasteiger partial charge in [0.05, 0.1) is 4.90 Å². The molecule has 0 heterocycles. The molecule has 0 bridgehead atoms. The predicted octanol–water partition coefficient (Wildman–Crippen LogP) is 1.59. The fourth-order valence-corrected chi connectivity index (χ4v) is 3.35. The Bertz CT molecular complexity index is 636. The zero-order chi connectivity index (χ0) is 15.6. The Morgan fingerprint density at radius 3 is 2.48 bits per heavy atom. The number of rotatable bonds is 6. The van der Waals surface area contributed by atoms with Gasteiger partial charge in [-0.3, -0.25) is 4.79 Å². The minimum atomic E-state index is -3.51. The third-order valence-corrected chi connectivity index (χ3v) is 5.28. The van der Waals surface area contributed by atoms with Crippen molar-refractivity contribution in [2.45, 2.75) is 44.6 Å². The lowest BCUT2D eigenvalue weighted by Gasteiger charge is -2.20. The molecule has 0 spiro atoms. The van der Waals surface area contributed by atoms with Crippen molar-refractivity contribution in [3.05, 3.63) is 29.3 Å². The van der Waals surface area contributed by atoms with Crippen molar-refractivity contribution in [1.82, 2.24) is 9.62 Å². The summed E-state index contributed by atoms with van der Waals surface area (Å²) in [7, 11) is -3.51. The fraction of sp³-hybridized carbons (Fsp3) is 0.533. The van der Waals surface area contributed by atoms with Crippen molar-refractivity contribution in [1.29, 1.82) is 0 Å². The zero-order valence-corrected chi connectivity index (χ0v) is 13.5. The summed E-state index contributed by atoms with van der Waals surface area (Å²) in [5.74, 6) is 0.00267. The quantitative estimate of drug-likeness (QED) is 0.868. The smallest absolute Gasteiger partial charge is 0.240 e. The maximum absolute atomic E-state index is 12.2. The van der Waals surface area contributed by atoms with Crippen LogP contribution in [0.1, 0.15) is 30.9 Å². The lowest BCUT2D eigenvalue weighted by Crippen LogP contribution is -2.38. The summed E-state index contributed by atoms with van der Waals surface area (Å²) in [6.07, 6.45) is 2.03. The van der Waals surface area contributed by atoms with Gasteiger partial charge in [0.2, 0.25) is 15.9 Å². The van der Waals surface area contributed by atoms with Gasteiger partial charge in [-0.25, -0.2) is 13.1 Å². The molecule has 1 fully saturated rings. The largest absolute Gasteiger partial charge is 0.339 e. The van der Waals surface area contributed by atoms with Crippen molar-refractivity contribution in [3.8, 4) is 0 Å². The lowest BCUT2D eigenvalue weighted by molar-refractivity contribution is -0.129. The van der Waals surface area contributed by atoms with E-state index in [0.29, 0.717) is 12.6 Å². The summed E-state index contributed by atoms with van der Waals surface area (Å²) < 4.78 is 27.0. The topological polar surface area (TPSA) is 66.5 Å². The monoisotopic (exact) mass is 310 g/mol. The van der Waals surface area contributed by atoms with Crippen LogP contribution in [0.5, 0.6) is 0 Å². The van der Waals surface area contributed by atoms with E-state index in [0.717, 1.165) is 24.0 Å². The Morgan fingerprint density at radius 2 is 1.95 bits per heavy atom. The molecule has 5 nitrogen and oxygen atoms in total. The van der Waals surface area contributed by atoms with Gasteiger partial charge in [0.1, 0.15) is 0 Å². The molecule has 1 N–H and O–H groups in total. The van der Waals surface area contributed by atoms with E-state index in [1.165, 1.54) is 6.92 Å². The second-order valence-electron chi connectivity index (χ2n) is 5.59. The Labute approximate surface area is 126 Å². The number of aryl methyl sites for hydroxylation is 2. The van der Waals surface area contributed by atoms with Gasteiger partial charge < -0.3 is 4.90 Å². The van der Waals surface area contributed by atoms with Crippen molar-refractivity contribution < 1.29 is 13.2 Å². The summed E-state index contributed by atoms with van der Waals surface area (Å²) in [6.45, 7) is 6.02. The first-order valence-corrected chi connectivity index (χ1v) is 8.63. The first-order valence-electron chi connectivity index (χ1n) is 7.15. The van der Waals surface area contributed by atoms with Crippen molar-refractivity contribution in [2.75, 3.05) is 13.1 Å². The fourth-order valence-electron chi connectivity index (χ4n) is 2.25. The second kappa shape index (κ2) is 6.15. The Kier molecular flexibility index (Phi) is 4.68. The van der Waals surface area contributed by atoms with E-state index in [9.17, 15) is 13.2 Å². The van der Waals surface area contributed by atoms with Crippen LogP contribution in [0.15, 0.2) is 23.1 Å². The number of sulfonamides is 1. The van der Waals surface area contributed by atoms with Crippen LogP contribution < -0.4 is 4.72 Å². The first kappa shape index (κ1) is 16.0. The minimum absolute atomic E-state index is 0.00267. The van der Waals surface area contributed by atoms with Gasteiger partial charge in [-0.05, 0) is 49.9 Å². The molecule has 0 saturated heterocycles. The number of hydrogen-bond donors (Lipinski definition) is 1. The van der Waals surface area contributed by atoms with Crippen molar-refractivity contribution >= 4 is 15.9 Å². The predicted molar refractivity (Wildman–Crippen MR) is 81.5 cm³/mol. The van der Waals surface area contributed by atoms with Crippen LogP contribution >= 0.6 is 0 Å². The summed E-state index contributed by atoms with van der Waals surface area (Å²) in [4.78, 5) is 13.5. The number of hydrogen-bond acceptors (Lipinski definition) is 3. The minimum Gasteiger partial charge on any atom is -0.339 e. The highest BCUT2D eigenvalue weighted by Gasteiger charge is 2.30. The highest BCUT2D eigenvalue weighted by Crippen LogP contribution is 2.26. The Morgan fingerprint density at radius 1 is 1.29 bits per heavy atom. The van der Waals surface area contributed by atoms with E-state index >= 15 is 0 Å². The molecule has 1 saturated carbocycles. The molecule has 1 aromatic carbocycles. The van der Waals surface area contributed by atoms with E-state index in [1.54, 1.807) is 23.1 Å². The van der Waals surface area contributed by atoms with Crippen LogP contribution in [0.25, 0.3) is 0 Å². The SMILES string of the molecule is CC(=O)N(CCNS(=O)(=O)c1ccc(C)c(C)c1)C1CC1. The second-order valence-corrected chi connectivity index (χ2v) is 7.35. The molecule has 2 rings (SSSR count). The van der Waals surface area contributed by atoms with E-state index in [-0.39, 0.29) is 17.3 Å². The van der Waals surface area contributed by atoms with Crippen molar-refractivity contribution in [2.24, 2.45) is 0 Å². The molecular weight excluding hydrogens is 288 g/mol. The third kappa shape index (κ3) is 4.04. The van der Waals surface area contributed by atoms with Gasteiger partial charge in [-0.15, -0.1) is 0 Å². The van der Waals surface area contributed by atoms with Crippen molar-refractivity contribution in [3.63, 3.8) is 0 Å². The molecule has 1 aliphatic carbocycles. The molecule has 6 heteroatoms. The van der Waals surface area contributed by atoms with Crippen LogP contribution in [0.4, 0.5) is 0 Å². The van der Waals surface area contributed by atoms with Gasteiger partial charge in [0.25, 0.3) is 0 Å². The molecule has 21 heavy (non-hydrogen) atoms. The van der Waals surface area contributed by atoms with Gasteiger partial charge in [0.15, 0.2) is 0 Å². The Balaban J connectivity index is 1.97. The molecule has 0 unspecified atom stereocenters. The average molecular weight is 310 g/mol. The maximum Gasteiger partial charge on any atom is 0.240 e. The number of nitrogens with zero attached hydrogens (tertiary/aromatic N) is 1. The Hall–Kier alpha value is -1.40. The summed E-state index contributed by atoms with van der Waals surface area (Å²) in [6, 6.07) is 5.37. The third-order valence-electron chi connectivity index (χ3n) is 3.83. The first-order chi connectivity index (χ1) is 9.81. The summed E-state index contributed by atoms with van der Waals surface area (Å²) >= 11 is 0. The van der Waals surface area contributed by atoms with E-state index < -0.39 is 10.0 Å². The van der Waals surface area contributed by atoms with Gasteiger partial charge in [-0.1, -0.05) is 6.07 Å². The molecule has 1 aromatic rings. The highest BCUT2D eigenvalue weighted by atomic mass is 32.2. The average Bonchev–Trinajstić information content (AvgIpc) is 3.21. The number of nitrogens with one attached hydrogen (secondary N) is 1. The molecule has 0 aromatic heterocycles. The highest BCUT2D eigenvalue weighted by molar-refractivity contribution is 7.89. The standard InChI is InChI=1S/C15H22N2O3S/c1-11-4-7-15(10-12(11)2)21(19,20)16-8-9-17(13(3)18)14-5-6-14/h4,7,10,14,16H,5-6,8-9H2,1-3H3. The maximum atomic E-state index is 12.2. The molecule has 116 valence electrons. The van der Waals surface area contributed by atoms with Crippen LogP contribution in [-0.4, -0.2) is 38.4 Å². The van der Waals surface area contributed by atoms with Crippen LogP contribution in [0, 0.1) is 13.8 Å². The summed E-state index contributed by atoms with van der Waals surface area (Å²) in [5, 5.41) is 0. The molecule has 0 aliphatic heterocycles. The number of benzene rings is 1. The van der Waals surface area contributed by atoms with Crippen LogP contribution in [0.3, 0.4) is 0 Å². The zero-order valence-electron chi connectivity index (χ0n) is 12.7. The molecular formula is C15H22N2O3S. The van der Waals surface area contributed by atoms with Gasteiger partial charge >= 0.3 is 0 Å². The van der Waals surface area contributed by atoms with E-state index in [4.69, 9.17) is 0 Å². The molecule has 1 amide bonds. The molecule has 0 radical (unpaired) electrons. The molecule has 1 aliphatic rings. The summed E-state index contributed by atoms with van der Waals surface area (Å²) in [5.41, 5.74) is 2.01. The molecule has 0 atom stereocenters. The number of amides is 1. The number of carbonyl (C=O) groups is 1. The van der Waals surface area contributed by atoms with Gasteiger partial charge in [-0.2, -0.15) is 0 Å². The van der Waals surface area contributed by atoms with Crippen LogP contribution in [0.2, 0.25) is 0 Å². The normalized spacial score (nSPS) is 15.0. The lowest BCUT2D eigenvalue weighted by atomic mass is 10.1. The van der Waals surface area contributed by atoms with Gasteiger partial charge in [0, 0.05) is 26.1 Å².